The molecule has 6 nitrogen and oxygen atoms in total. The van der Waals surface area contributed by atoms with Crippen molar-refractivity contribution in [1.29, 1.82) is 0 Å². The molecule has 0 aromatic heterocycles. The lowest BCUT2D eigenvalue weighted by molar-refractivity contribution is 0.0408. The Bertz CT molecular complexity index is 538. The largest absolute Gasteiger partial charge is 0.496 e. The van der Waals surface area contributed by atoms with E-state index in [4.69, 9.17) is 9.47 Å². The van der Waals surface area contributed by atoms with Crippen LogP contribution in [0.5, 0.6) is 5.75 Å². The van der Waals surface area contributed by atoms with Crippen molar-refractivity contribution in [3.8, 4) is 5.75 Å². The maximum Gasteiger partial charge on any atom is 0.414 e. The molecule has 0 radical (unpaired) electrons. The van der Waals surface area contributed by atoms with Gasteiger partial charge < -0.3 is 14.6 Å². The fourth-order valence-electron chi connectivity index (χ4n) is 1.95. The van der Waals surface area contributed by atoms with Crippen LogP contribution in [0.3, 0.4) is 0 Å². The van der Waals surface area contributed by atoms with E-state index in [1.54, 1.807) is 45.3 Å². The smallest absolute Gasteiger partial charge is 0.414 e. The molecule has 1 aromatic rings. The van der Waals surface area contributed by atoms with Gasteiger partial charge in [0.1, 0.15) is 17.6 Å². The Kier molecular flexibility index (Phi) is 6.41. The third-order valence-corrected chi connectivity index (χ3v) is 3.32. The average molecular weight is 324 g/mol. The van der Waals surface area contributed by atoms with Gasteiger partial charge in [-0.15, -0.1) is 0 Å². The van der Waals surface area contributed by atoms with Gasteiger partial charge in [0, 0.05) is 24.7 Å². The number of benzene rings is 1. The van der Waals surface area contributed by atoms with E-state index < -0.39 is 17.9 Å². The summed E-state index contributed by atoms with van der Waals surface area (Å²) in [5.74, 6) is 0.673. The molecule has 0 spiro atoms. The highest BCUT2D eigenvalue weighted by molar-refractivity contribution is 5.87. The lowest BCUT2D eigenvalue weighted by Crippen LogP contribution is -2.34. The Labute approximate surface area is 138 Å². The van der Waals surface area contributed by atoms with Crippen molar-refractivity contribution in [2.24, 2.45) is 0 Å². The van der Waals surface area contributed by atoms with Crippen molar-refractivity contribution in [2.45, 2.75) is 39.0 Å². The lowest BCUT2D eigenvalue weighted by atomic mass is 10.1. The predicted octanol–water partition coefficient (Wildman–Crippen LogP) is 2.49. The number of aliphatic hydroxyl groups excluding tert-OH is 1. The summed E-state index contributed by atoms with van der Waals surface area (Å²) in [6, 6.07) is 5.40. The predicted molar refractivity (Wildman–Crippen MR) is 91.0 cm³/mol. The summed E-state index contributed by atoms with van der Waals surface area (Å²) in [7, 11) is 6.84. The fraction of sp³-hybridized carbons (Fsp3) is 0.588. The Morgan fingerprint density at radius 1 is 1.26 bits per heavy atom. The summed E-state index contributed by atoms with van der Waals surface area (Å²) in [5, 5.41) is 10.1. The molecule has 0 aliphatic carbocycles. The highest BCUT2D eigenvalue weighted by Gasteiger charge is 2.21. The zero-order valence-corrected chi connectivity index (χ0v) is 15.1. The monoisotopic (exact) mass is 324 g/mol. The van der Waals surface area contributed by atoms with Gasteiger partial charge in [-0.05, 0) is 53.1 Å². The quantitative estimate of drug-likeness (QED) is 0.843. The van der Waals surface area contributed by atoms with E-state index in [0.717, 1.165) is 5.56 Å². The number of likely N-dealkylation sites (N-methyl/N-ethyl adjacent to an activating group) is 1. The van der Waals surface area contributed by atoms with E-state index in [1.807, 2.05) is 26.8 Å². The molecule has 0 bridgehead atoms. The number of aliphatic hydroxyl groups is 1. The van der Waals surface area contributed by atoms with Crippen LogP contribution in [0.15, 0.2) is 18.2 Å². The molecular weight excluding hydrogens is 296 g/mol. The molecule has 0 aliphatic heterocycles. The van der Waals surface area contributed by atoms with Crippen LogP contribution in [0.25, 0.3) is 0 Å². The molecule has 1 aromatic carbocycles. The van der Waals surface area contributed by atoms with Gasteiger partial charge in [-0.1, -0.05) is 0 Å². The number of carbonyl (C=O) groups is 1. The third-order valence-electron chi connectivity index (χ3n) is 3.32. The minimum atomic E-state index is -0.633. The molecule has 0 aliphatic rings. The van der Waals surface area contributed by atoms with Crippen LogP contribution < -0.4 is 9.64 Å². The number of anilines is 1. The molecule has 1 unspecified atom stereocenters. The van der Waals surface area contributed by atoms with Gasteiger partial charge in [0.15, 0.2) is 0 Å². The van der Waals surface area contributed by atoms with Crippen molar-refractivity contribution in [1.82, 2.24) is 4.90 Å². The lowest BCUT2D eigenvalue weighted by Gasteiger charge is -2.25. The van der Waals surface area contributed by atoms with Gasteiger partial charge >= 0.3 is 6.09 Å². The molecule has 0 saturated heterocycles. The van der Waals surface area contributed by atoms with Gasteiger partial charge in [-0.2, -0.15) is 0 Å². The average Bonchev–Trinajstić information content (AvgIpc) is 2.44. The SMILES string of the molecule is COc1ccc(N(C)C(=O)OC(C)(C)C)cc1CC(O)N(C)C. The zero-order chi connectivity index (χ0) is 17.8. The van der Waals surface area contributed by atoms with Crippen molar-refractivity contribution in [2.75, 3.05) is 33.2 Å². The molecule has 130 valence electrons. The fourth-order valence-corrected chi connectivity index (χ4v) is 1.95. The third kappa shape index (κ3) is 5.73. The highest BCUT2D eigenvalue weighted by atomic mass is 16.6. The minimum Gasteiger partial charge on any atom is -0.496 e. The maximum absolute atomic E-state index is 12.2. The van der Waals surface area contributed by atoms with Crippen LogP contribution >= 0.6 is 0 Å². The number of ether oxygens (including phenoxy) is 2. The first-order valence-corrected chi connectivity index (χ1v) is 7.53. The van der Waals surface area contributed by atoms with Crippen molar-refractivity contribution in [3.05, 3.63) is 23.8 Å². The van der Waals surface area contributed by atoms with Crippen LogP contribution in [0.1, 0.15) is 26.3 Å². The summed E-state index contributed by atoms with van der Waals surface area (Å²) < 4.78 is 10.7. The topological polar surface area (TPSA) is 62.2 Å². The van der Waals surface area contributed by atoms with Crippen molar-refractivity contribution >= 4 is 11.8 Å². The summed E-state index contributed by atoms with van der Waals surface area (Å²) in [6.45, 7) is 5.48. The summed E-state index contributed by atoms with van der Waals surface area (Å²) in [4.78, 5) is 15.3. The van der Waals surface area contributed by atoms with Gasteiger partial charge in [0.2, 0.25) is 0 Å². The molecule has 1 N–H and O–H groups in total. The van der Waals surface area contributed by atoms with Gasteiger partial charge in [-0.25, -0.2) is 4.79 Å². The molecule has 0 saturated carbocycles. The number of hydrogen-bond acceptors (Lipinski definition) is 5. The molecule has 1 atom stereocenters. The van der Waals surface area contributed by atoms with Crippen molar-refractivity contribution in [3.63, 3.8) is 0 Å². The Balaban J connectivity index is 3.02. The van der Waals surface area contributed by atoms with Crippen molar-refractivity contribution < 1.29 is 19.4 Å². The van der Waals surface area contributed by atoms with E-state index in [9.17, 15) is 9.90 Å². The van der Waals surface area contributed by atoms with E-state index in [1.165, 1.54) is 4.90 Å². The van der Waals surface area contributed by atoms with Gasteiger partial charge in [0.25, 0.3) is 0 Å². The number of rotatable bonds is 5. The van der Waals surface area contributed by atoms with Gasteiger partial charge in [0.05, 0.1) is 7.11 Å². The van der Waals surface area contributed by atoms with Crippen LogP contribution in [-0.4, -0.2) is 56.2 Å². The number of carbonyl (C=O) groups excluding carboxylic acids is 1. The normalized spacial score (nSPS) is 12.9. The zero-order valence-electron chi connectivity index (χ0n) is 15.1. The van der Waals surface area contributed by atoms with E-state index in [0.29, 0.717) is 17.9 Å². The number of methoxy groups -OCH3 is 1. The van der Waals surface area contributed by atoms with Crippen LogP contribution in [0.2, 0.25) is 0 Å². The molecule has 0 heterocycles. The second-order valence-electron chi connectivity index (χ2n) is 6.68. The Hall–Kier alpha value is -1.79. The standard InChI is InChI=1S/C17H28N2O4/c1-17(2,3)23-16(21)19(6)13-8-9-14(22-7)12(10-13)11-15(20)18(4)5/h8-10,15,20H,11H2,1-7H3. The summed E-state index contributed by atoms with van der Waals surface area (Å²) in [5.41, 5.74) is 0.949. The number of nitrogens with zero attached hydrogens (tertiary/aromatic N) is 2. The van der Waals surface area contributed by atoms with Crippen LogP contribution in [-0.2, 0) is 11.2 Å². The van der Waals surface area contributed by atoms with Gasteiger partial charge in [-0.3, -0.25) is 9.80 Å². The number of amides is 1. The van der Waals surface area contributed by atoms with E-state index in [-0.39, 0.29) is 0 Å². The van der Waals surface area contributed by atoms with E-state index >= 15 is 0 Å². The van der Waals surface area contributed by atoms with Crippen LogP contribution in [0, 0.1) is 0 Å². The second-order valence-corrected chi connectivity index (χ2v) is 6.68. The molecule has 6 heteroatoms. The molecule has 1 amide bonds. The Morgan fingerprint density at radius 2 is 1.87 bits per heavy atom. The van der Waals surface area contributed by atoms with E-state index in [2.05, 4.69) is 0 Å². The first kappa shape index (κ1) is 19.3. The second kappa shape index (κ2) is 7.66. The highest BCUT2D eigenvalue weighted by Crippen LogP contribution is 2.27. The summed E-state index contributed by atoms with van der Waals surface area (Å²) in [6.07, 6.45) is -0.667. The number of hydrogen-bond donors (Lipinski definition) is 1. The Morgan fingerprint density at radius 3 is 2.35 bits per heavy atom. The summed E-state index contributed by atoms with van der Waals surface area (Å²) >= 11 is 0. The first-order chi connectivity index (χ1) is 10.5. The maximum atomic E-state index is 12.2. The molecular formula is C17H28N2O4. The molecule has 23 heavy (non-hydrogen) atoms. The molecule has 0 fully saturated rings. The van der Waals surface area contributed by atoms with Crippen LogP contribution in [0.4, 0.5) is 10.5 Å². The minimum absolute atomic E-state index is 0.395. The molecule has 1 rings (SSSR count). The first-order valence-electron chi connectivity index (χ1n) is 7.53.